The maximum atomic E-state index is 10.1. The summed E-state index contributed by atoms with van der Waals surface area (Å²) in [6.45, 7) is 5.44. The van der Waals surface area contributed by atoms with Gasteiger partial charge in [-0.3, -0.25) is 4.79 Å². The van der Waals surface area contributed by atoms with Gasteiger partial charge in [0, 0.05) is 39.1 Å². The third-order valence-electron chi connectivity index (χ3n) is 1.86. The molecule has 2 heterocycles. The van der Waals surface area contributed by atoms with E-state index in [1.165, 1.54) is 0 Å². The summed E-state index contributed by atoms with van der Waals surface area (Å²) in [6, 6.07) is 0. The fourth-order valence-electron chi connectivity index (χ4n) is 1.17. The van der Waals surface area contributed by atoms with Gasteiger partial charge in [-0.15, -0.1) is 0 Å². The van der Waals surface area contributed by atoms with Gasteiger partial charge < -0.3 is 16.0 Å². The van der Waals surface area contributed by atoms with Crippen LogP contribution in [0.1, 0.15) is 12.8 Å². The summed E-state index contributed by atoms with van der Waals surface area (Å²) in [5.41, 5.74) is 0. The first kappa shape index (κ1) is 9.48. The normalized spacial score (nSPS) is 22.5. The fraction of sp³-hybridized carbons (Fsp3) is 0.875. The predicted molar refractivity (Wildman–Crippen MR) is 48.0 cm³/mol. The average Bonchev–Trinajstić information content (AvgIpc) is 2.60. The van der Waals surface area contributed by atoms with Crippen molar-refractivity contribution in [1.82, 2.24) is 16.0 Å². The molecule has 0 aromatic carbocycles. The Labute approximate surface area is 73.1 Å². The number of rotatable bonds is 0. The van der Waals surface area contributed by atoms with Crippen molar-refractivity contribution < 1.29 is 4.79 Å². The van der Waals surface area contributed by atoms with Crippen LogP contribution in [0.5, 0.6) is 0 Å². The molecule has 2 saturated heterocycles. The van der Waals surface area contributed by atoms with Gasteiger partial charge in [0.05, 0.1) is 0 Å². The van der Waals surface area contributed by atoms with Crippen molar-refractivity contribution >= 4 is 5.91 Å². The van der Waals surface area contributed by atoms with E-state index in [1.807, 2.05) is 0 Å². The number of nitrogens with one attached hydrogen (secondary N) is 3. The van der Waals surface area contributed by atoms with Crippen LogP contribution in [0.3, 0.4) is 0 Å². The Hall–Kier alpha value is -0.610. The van der Waals surface area contributed by atoms with Gasteiger partial charge in [0.15, 0.2) is 0 Å². The molecule has 1 amide bonds. The van der Waals surface area contributed by atoms with Gasteiger partial charge >= 0.3 is 0 Å². The van der Waals surface area contributed by atoms with Crippen LogP contribution >= 0.6 is 0 Å². The molecule has 2 rings (SSSR count). The SMILES string of the molecule is C1CNCCN1.O=C1CCCN1. The highest BCUT2D eigenvalue weighted by Gasteiger charge is 2.05. The van der Waals surface area contributed by atoms with Gasteiger partial charge in [-0.05, 0) is 6.42 Å². The molecule has 0 aromatic heterocycles. The summed E-state index contributed by atoms with van der Waals surface area (Å²) in [5.74, 6) is 0.204. The molecule has 0 atom stereocenters. The Bertz CT molecular complexity index is 115. The van der Waals surface area contributed by atoms with Crippen LogP contribution in [-0.2, 0) is 4.79 Å². The molecule has 0 radical (unpaired) electrons. The van der Waals surface area contributed by atoms with Gasteiger partial charge in [0.2, 0.25) is 5.91 Å². The van der Waals surface area contributed by atoms with E-state index >= 15 is 0 Å². The van der Waals surface area contributed by atoms with E-state index < -0.39 is 0 Å². The molecule has 70 valence electrons. The molecule has 0 aliphatic carbocycles. The Morgan fingerprint density at radius 2 is 1.50 bits per heavy atom. The smallest absolute Gasteiger partial charge is 0.220 e. The molecule has 0 bridgehead atoms. The number of piperazine rings is 1. The van der Waals surface area contributed by atoms with Crippen molar-refractivity contribution in [3.63, 3.8) is 0 Å². The maximum absolute atomic E-state index is 10.1. The lowest BCUT2D eigenvalue weighted by Gasteiger charge is -2.11. The van der Waals surface area contributed by atoms with E-state index in [9.17, 15) is 4.79 Å². The number of amides is 1. The standard InChI is InChI=1S/C4H10N2.C4H7NO/c1-2-6-4-3-5-1;6-4-2-1-3-5-4/h5-6H,1-4H2;1-3H2,(H,5,6). The van der Waals surface area contributed by atoms with Crippen molar-refractivity contribution in [2.45, 2.75) is 12.8 Å². The van der Waals surface area contributed by atoms with Crippen molar-refractivity contribution in [3.8, 4) is 0 Å². The molecule has 4 nitrogen and oxygen atoms in total. The quantitative estimate of drug-likeness (QED) is 0.441. The van der Waals surface area contributed by atoms with Crippen molar-refractivity contribution in [2.24, 2.45) is 0 Å². The summed E-state index contributed by atoms with van der Waals surface area (Å²) in [6.07, 6.45) is 1.76. The molecule has 0 aromatic rings. The number of hydrogen-bond acceptors (Lipinski definition) is 3. The molecule has 0 unspecified atom stereocenters. The highest BCUT2D eigenvalue weighted by atomic mass is 16.1. The molecule has 12 heavy (non-hydrogen) atoms. The first-order valence-electron chi connectivity index (χ1n) is 4.58. The lowest BCUT2D eigenvalue weighted by molar-refractivity contribution is -0.119. The van der Waals surface area contributed by atoms with Crippen LogP contribution < -0.4 is 16.0 Å². The molecule has 4 heteroatoms. The summed E-state index contributed by atoms with van der Waals surface area (Å²) >= 11 is 0. The highest BCUT2D eigenvalue weighted by Crippen LogP contribution is 1.93. The summed E-state index contributed by atoms with van der Waals surface area (Å²) in [4.78, 5) is 10.1. The molecule has 0 saturated carbocycles. The third kappa shape index (κ3) is 4.31. The van der Waals surface area contributed by atoms with Gasteiger partial charge in [-0.1, -0.05) is 0 Å². The topological polar surface area (TPSA) is 53.2 Å². The first-order valence-corrected chi connectivity index (χ1v) is 4.58. The third-order valence-corrected chi connectivity index (χ3v) is 1.86. The Kier molecular flexibility index (Phi) is 4.71. The summed E-state index contributed by atoms with van der Waals surface area (Å²) < 4.78 is 0. The largest absolute Gasteiger partial charge is 0.356 e. The highest BCUT2D eigenvalue weighted by molar-refractivity contribution is 5.77. The van der Waals surface area contributed by atoms with Crippen LogP contribution in [0.2, 0.25) is 0 Å². The fourth-order valence-corrected chi connectivity index (χ4v) is 1.17. The first-order chi connectivity index (χ1) is 5.89. The summed E-state index contributed by atoms with van der Waals surface area (Å²) in [7, 11) is 0. The van der Waals surface area contributed by atoms with Crippen molar-refractivity contribution in [3.05, 3.63) is 0 Å². The van der Waals surface area contributed by atoms with Crippen LogP contribution in [-0.4, -0.2) is 38.6 Å². The lowest BCUT2D eigenvalue weighted by atomic mass is 10.4. The maximum Gasteiger partial charge on any atom is 0.220 e. The van der Waals surface area contributed by atoms with E-state index in [1.54, 1.807) is 0 Å². The second-order valence-electron chi connectivity index (χ2n) is 2.95. The van der Waals surface area contributed by atoms with Gasteiger partial charge in [-0.2, -0.15) is 0 Å². The second-order valence-corrected chi connectivity index (χ2v) is 2.95. The van der Waals surface area contributed by atoms with E-state index in [0.29, 0.717) is 0 Å². The van der Waals surface area contributed by atoms with Crippen molar-refractivity contribution in [1.29, 1.82) is 0 Å². The van der Waals surface area contributed by atoms with E-state index in [2.05, 4.69) is 16.0 Å². The van der Waals surface area contributed by atoms with Crippen LogP contribution in [0.4, 0.5) is 0 Å². The minimum absolute atomic E-state index is 0.204. The van der Waals surface area contributed by atoms with Crippen LogP contribution in [0.25, 0.3) is 0 Å². The monoisotopic (exact) mass is 171 g/mol. The van der Waals surface area contributed by atoms with Gasteiger partial charge in [0.1, 0.15) is 0 Å². The molecule has 2 aliphatic rings. The zero-order valence-corrected chi connectivity index (χ0v) is 7.36. The molecular weight excluding hydrogens is 154 g/mol. The molecule has 2 fully saturated rings. The van der Waals surface area contributed by atoms with Gasteiger partial charge in [0.25, 0.3) is 0 Å². The number of hydrogen-bond donors (Lipinski definition) is 3. The molecule has 3 N–H and O–H groups in total. The van der Waals surface area contributed by atoms with E-state index in [-0.39, 0.29) is 5.91 Å². The minimum atomic E-state index is 0.204. The second kappa shape index (κ2) is 5.97. The molecular formula is C8H17N3O. The van der Waals surface area contributed by atoms with E-state index in [0.717, 1.165) is 45.6 Å². The predicted octanol–water partition coefficient (Wildman–Crippen LogP) is -0.924. The average molecular weight is 171 g/mol. The van der Waals surface area contributed by atoms with Crippen LogP contribution in [0.15, 0.2) is 0 Å². The van der Waals surface area contributed by atoms with E-state index in [4.69, 9.17) is 0 Å². The van der Waals surface area contributed by atoms with Gasteiger partial charge in [-0.25, -0.2) is 0 Å². The Morgan fingerprint density at radius 1 is 0.917 bits per heavy atom. The Balaban J connectivity index is 0.000000120. The molecule has 2 aliphatic heterocycles. The number of carbonyl (C=O) groups excluding carboxylic acids is 1. The van der Waals surface area contributed by atoms with Crippen LogP contribution in [0, 0.1) is 0 Å². The lowest BCUT2D eigenvalue weighted by Crippen LogP contribution is -2.39. The molecule has 0 spiro atoms. The summed E-state index contributed by atoms with van der Waals surface area (Å²) in [5, 5.41) is 9.12. The zero-order chi connectivity index (χ0) is 8.65. The zero-order valence-electron chi connectivity index (χ0n) is 7.36. The minimum Gasteiger partial charge on any atom is -0.356 e. The number of carbonyl (C=O) groups is 1. The Morgan fingerprint density at radius 3 is 1.67 bits per heavy atom. The van der Waals surface area contributed by atoms with Crippen molar-refractivity contribution in [2.75, 3.05) is 32.7 Å².